The normalized spacial score (nSPS) is 25.1. The summed E-state index contributed by atoms with van der Waals surface area (Å²) in [7, 11) is 2.06. The topological polar surface area (TPSA) is 52.6 Å². The zero-order chi connectivity index (χ0) is 14.9. The lowest BCUT2D eigenvalue weighted by atomic mass is 9.92. The molecule has 0 radical (unpaired) electrons. The van der Waals surface area contributed by atoms with Gasteiger partial charge in [0.1, 0.15) is 5.60 Å². The fourth-order valence-electron chi connectivity index (χ4n) is 3.14. The molecule has 1 amide bonds. The molecule has 3 rings (SSSR count). The Labute approximate surface area is 129 Å². The molecule has 1 atom stereocenters. The Morgan fingerprint density at radius 3 is 2.86 bits per heavy atom. The predicted octanol–water partition coefficient (Wildman–Crippen LogP) is 1.55. The minimum atomic E-state index is -1.18. The highest BCUT2D eigenvalue weighted by molar-refractivity contribution is 7.99. The smallest absolute Gasteiger partial charge is 0.252 e. The molecule has 21 heavy (non-hydrogen) atoms. The molecule has 1 unspecified atom stereocenters. The van der Waals surface area contributed by atoms with Crippen LogP contribution in [0.1, 0.15) is 30.0 Å². The Morgan fingerprint density at radius 1 is 1.38 bits per heavy atom. The second kappa shape index (κ2) is 5.99. The largest absolute Gasteiger partial charge is 0.380 e. The molecule has 1 saturated heterocycles. The molecule has 4 nitrogen and oxygen atoms in total. The van der Waals surface area contributed by atoms with Gasteiger partial charge in [0, 0.05) is 13.1 Å². The molecule has 2 aliphatic heterocycles. The van der Waals surface area contributed by atoms with Crippen molar-refractivity contribution in [2.75, 3.05) is 25.1 Å². The number of hydrogen-bond acceptors (Lipinski definition) is 4. The Bertz CT molecular complexity index is 529. The van der Waals surface area contributed by atoms with Crippen molar-refractivity contribution in [2.45, 2.75) is 31.0 Å². The van der Waals surface area contributed by atoms with E-state index in [1.54, 1.807) is 11.8 Å². The fraction of sp³-hybridized carbons (Fsp3) is 0.562. The van der Waals surface area contributed by atoms with Gasteiger partial charge >= 0.3 is 0 Å². The van der Waals surface area contributed by atoms with E-state index in [1.165, 1.54) is 11.1 Å². The van der Waals surface area contributed by atoms with Gasteiger partial charge in [0.05, 0.1) is 6.04 Å². The molecule has 2 heterocycles. The number of carbonyl (C=O) groups excluding carboxylic acids is 1. The Balaban J connectivity index is 1.77. The molecule has 0 spiro atoms. The van der Waals surface area contributed by atoms with Crippen LogP contribution in [0.15, 0.2) is 24.3 Å². The number of aliphatic hydroxyl groups is 1. The molecule has 0 saturated carbocycles. The lowest BCUT2D eigenvalue weighted by molar-refractivity contribution is -0.141. The van der Waals surface area contributed by atoms with E-state index >= 15 is 0 Å². The van der Waals surface area contributed by atoms with Gasteiger partial charge in [-0.3, -0.25) is 9.69 Å². The summed E-state index contributed by atoms with van der Waals surface area (Å²) < 4.78 is 0. The molecule has 114 valence electrons. The first kappa shape index (κ1) is 14.9. The number of benzene rings is 1. The summed E-state index contributed by atoms with van der Waals surface area (Å²) in [6.45, 7) is 1.69. The zero-order valence-electron chi connectivity index (χ0n) is 12.3. The van der Waals surface area contributed by atoms with Crippen LogP contribution in [0.5, 0.6) is 0 Å². The third-order valence-corrected chi connectivity index (χ3v) is 5.40. The summed E-state index contributed by atoms with van der Waals surface area (Å²) in [6, 6.07) is 8.19. The number of rotatable bonds is 2. The quantitative estimate of drug-likeness (QED) is 0.870. The molecule has 5 heteroatoms. The van der Waals surface area contributed by atoms with E-state index in [1.807, 2.05) is 12.1 Å². The van der Waals surface area contributed by atoms with E-state index in [0.717, 1.165) is 24.6 Å². The Kier molecular flexibility index (Phi) is 4.24. The molecule has 2 aliphatic rings. The Morgan fingerprint density at radius 2 is 2.10 bits per heavy atom. The van der Waals surface area contributed by atoms with Crippen LogP contribution in [0, 0.1) is 0 Å². The molecule has 0 bridgehead atoms. The molecule has 1 aromatic rings. The van der Waals surface area contributed by atoms with Crippen molar-refractivity contribution in [2.24, 2.45) is 0 Å². The number of likely N-dealkylation sites (N-methyl/N-ethyl adjacent to an activating group) is 1. The average molecular weight is 306 g/mol. The van der Waals surface area contributed by atoms with Gasteiger partial charge in [0.15, 0.2) is 0 Å². The van der Waals surface area contributed by atoms with Crippen molar-refractivity contribution in [3.05, 3.63) is 35.4 Å². The number of thioether (sulfide) groups is 1. The molecule has 2 N–H and O–H groups in total. The van der Waals surface area contributed by atoms with Gasteiger partial charge in [-0.05, 0) is 42.5 Å². The summed E-state index contributed by atoms with van der Waals surface area (Å²) in [5, 5.41) is 13.6. The van der Waals surface area contributed by atoms with Crippen LogP contribution in [-0.4, -0.2) is 46.6 Å². The van der Waals surface area contributed by atoms with Gasteiger partial charge in [0.25, 0.3) is 5.91 Å². The number of nitrogens with zero attached hydrogens (tertiary/aromatic N) is 1. The lowest BCUT2D eigenvalue weighted by Crippen LogP contribution is -2.52. The summed E-state index contributed by atoms with van der Waals surface area (Å²) in [5.74, 6) is 1.49. The van der Waals surface area contributed by atoms with Gasteiger partial charge < -0.3 is 10.4 Å². The second-order valence-electron chi connectivity index (χ2n) is 6.07. The van der Waals surface area contributed by atoms with Crippen molar-refractivity contribution < 1.29 is 9.90 Å². The monoisotopic (exact) mass is 306 g/mol. The van der Waals surface area contributed by atoms with Crippen molar-refractivity contribution >= 4 is 17.7 Å². The molecule has 1 fully saturated rings. The number of amides is 1. The predicted molar refractivity (Wildman–Crippen MR) is 85.2 cm³/mol. The van der Waals surface area contributed by atoms with Crippen LogP contribution in [0.4, 0.5) is 0 Å². The highest BCUT2D eigenvalue weighted by Crippen LogP contribution is 2.30. The Hall–Kier alpha value is -1.04. The van der Waals surface area contributed by atoms with Crippen LogP contribution < -0.4 is 5.32 Å². The molecular weight excluding hydrogens is 284 g/mol. The summed E-state index contributed by atoms with van der Waals surface area (Å²) in [4.78, 5) is 14.7. The van der Waals surface area contributed by atoms with Crippen LogP contribution in [0.3, 0.4) is 0 Å². The van der Waals surface area contributed by atoms with Crippen molar-refractivity contribution in [1.29, 1.82) is 0 Å². The van der Waals surface area contributed by atoms with Crippen molar-refractivity contribution in [3.8, 4) is 0 Å². The van der Waals surface area contributed by atoms with Gasteiger partial charge in [-0.25, -0.2) is 0 Å². The standard InChI is InChI=1S/C16H22N2O2S/c1-18-10-12-4-2-3-5-13(12)14(11-18)17-15(19)16(20)6-8-21-9-7-16/h2-5,14,20H,6-11H2,1H3,(H,17,19). The van der Waals surface area contributed by atoms with Gasteiger partial charge in [-0.2, -0.15) is 11.8 Å². The van der Waals surface area contributed by atoms with Gasteiger partial charge in [0.2, 0.25) is 0 Å². The van der Waals surface area contributed by atoms with E-state index in [0.29, 0.717) is 12.8 Å². The van der Waals surface area contributed by atoms with E-state index in [4.69, 9.17) is 0 Å². The maximum atomic E-state index is 12.5. The number of hydrogen-bond donors (Lipinski definition) is 2. The minimum Gasteiger partial charge on any atom is -0.380 e. The van der Waals surface area contributed by atoms with Crippen LogP contribution in [0.2, 0.25) is 0 Å². The fourth-order valence-corrected chi connectivity index (χ4v) is 4.30. The van der Waals surface area contributed by atoms with Crippen molar-refractivity contribution in [3.63, 3.8) is 0 Å². The average Bonchev–Trinajstić information content (AvgIpc) is 2.47. The first-order valence-corrected chi connectivity index (χ1v) is 8.61. The van der Waals surface area contributed by atoms with Gasteiger partial charge in [-0.1, -0.05) is 24.3 Å². The number of nitrogens with one attached hydrogen (secondary N) is 1. The van der Waals surface area contributed by atoms with E-state index < -0.39 is 5.60 Å². The summed E-state index contributed by atoms with van der Waals surface area (Å²) in [5.41, 5.74) is 1.25. The SMILES string of the molecule is CN1Cc2ccccc2C(NC(=O)C2(O)CCSCC2)C1. The lowest BCUT2D eigenvalue weighted by Gasteiger charge is -2.36. The van der Waals surface area contributed by atoms with E-state index in [2.05, 4.69) is 29.4 Å². The third-order valence-electron chi connectivity index (χ3n) is 4.41. The first-order valence-electron chi connectivity index (χ1n) is 7.46. The van der Waals surface area contributed by atoms with E-state index in [9.17, 15) is 9.90 Å². The van der Waals surface area contributed by atoms with Crippen molar-refractivity contribution in [1.82, 2.24) is 10.2 Å². The van der Waals surface area contributed by atoms with Crippen LogP contribution in [-0.2, 0) is 11.3 Å². The zero-order valence-corrected chi connectivity index (χ0v) is 13.2. The third kappa shape index (κ3) is 3.10. The summed E-state index contributed by atoms with van der Waals surface area (Å²) >= 11 is 1.80. The number of fused-ring (bicyclic) bond motifs is 1. The highest BCUT2D eigenvalue weighted by Gasteiger charge is 2.39. The molecule has 0 aromatic heterocycles. The van der Waals surface area contributed by atoms with Crippen LogP contribution in [0.25, 0.3) is 0 Å². The first-order chi connectivity index (χ1) is 10.1. The second-order valence-corrected chi connectivity index (χ2v) is 7.29. The molecular formula is C16H22N2O2S. The highest BCUT2D eigenvalue weighted by atomic mass is 32.2. The summed E-state index contributed by atoms with van der Waals surface area (Å²) in [6.07, 6.45) is 1.10. The van der Waals surface area contributed by atoms with E-state index in [-0.39, 0.29) is 11.9 Å². The molecule has 1 aromatic carbocycles. The maximum Gasteiger partial charge on any atom is 0.252 e. The van der Waals surface area contributed by atoms with Gasteiger partial charge in [-0.15, -0.1) is 0 Å². The minimum absolute atomic E-state index is 0.0361. The van der Waals surface area contributed by atoms with Crippen LogP contribution >= 0.6 is 11.8 Å². The number of carbonyl (C=O) groups is 1. The molecule has 0 aliphatic carbocycles. The maximum absolute atomic E-state index is 12.5.